The van der Waals surface area contributed by atoms with Crippen molar-refractivity contribution in [2.45, 2.75) is 12.8 Å². The molecule has 0 saturated heterocycles. The first kappa shape index (κ1) is 14.0. The smallest absolute Gasteiger partial charge is 0.335 e. The van der Waals surface area contributed by atoms with E-state index in [0.717, 1.165) is 5.56 Å². The summed E-state index contributed by atoms with van der Waals surface area (Å²) in [6.45, 7) is 4.12. The predicted octanol–water partition coefficient (Wildman–Crippen LogP) is 1.96. The molecule has 0 aliphatic rings. The first-order chi connectivity index (χ1) is 8.54. The summed E-state index contributed by atoms with van der Waals surface area (Å²) in [6.07, 6.45) is 2.70. The number of aromatic carboxylic acids is 1. The van der Waals surface area contributed by atoms with Crippen LogP contribution in [-0.2, 0) is 11.2 Å². The highest BCUT2D eigenvalue weighted by Crippen LogP contribution is 2.07. The fraction of sp³-hybridized carbons (Fsp3) is 0.286. The van der Waals surface area contributed by atoms with E-state index in [1.165, 1.54) is 0 Å². The highest BCUT2D eigenvalue weighted by molar-refractivity contribution is 5.87. The van der Waals surface area contributed by atoms with Crippen LogP contribution in [0.4, 0.5) is 0 Å². The second-order valence-corrected chi connectivity index (χ2v) is 4.07. The minimum atomic E-state index is -0.941. The van der Waals surface area contributed by atoms with Crippen LogP contribution in [0.25, 0.3) is 0 Å². The van der Waals surface area contributed by atoms with Gasteiger partial charge in [-0.2, -0.15) is 0 Å². The topological polar surface area (TPSA) is 57.6 Å². The van der Waals surface area contributed by atoms with Crippen molar-refractivity contribution in [1.29, 1.82) is 0 Å². The van der Waals surface area contributed by atoms with E-state index in [-0.39, 0.29) is 11.5 Å². The van der Waals surface area contributed by atoms with Gasteiger partial charge in [-0.1, -0.05) is 18.2 Å². The molecule has 0 bridgehead atoms. The fourth-order valence-corrected chi connectivity index (χ4v) is 1.55. The van der Waals surface area contributed by atoms with E-state index in [1.54, 1.807) is 42.3 Å². The van der Waals surface area contributed by atoms with Crippen molar-refractivity contribution in [3.63, 3.8) is 0 Å². The van der Waals surface area contributed by atoms with E-state index < -0.39 is 5.97 Å². The molecular weight excluding hydrogens is 230 g/mol. The Hall–Kier alpha value is -2.10. The van der Waals surface area contributed by atoms with Gasteiger partial charge >= 0.3 is 5.97 Å². The number of carbonyl (C=O) groups excluding carboxylic acids is 1. The lowest BCUT2D eigenvalue weighted by Crippen LogP contribution is -2.26. The van der Waals surface area contributed by atoms with Gasteiger partial charge in [0.2, 0.25) is 5.91 Å². The predicted molar refractivity (Wildman–Crippen MR) is 69.6 cm³/mol. The average molecular weight is 247 g/mol. The Balaban J connectivity index is 2.51. The third kappa shape index (κ3) is 4.05. The lowest BCUT2D eigenvalue weighted by atomic mass is 10.1. The molecule has 0 aromatic heterocycles. The molecule has 96 valence electrons. The number of carbonyl (C=O) groups is 2. The van der Waals surface area contributed by atoms with Crippen LogP contribution in [-0.4, -0.2) is 35.5 Å². The Kier molecular flexibility index (Phi) is 5.11. The van der Waals surface area contributed by atoms with Crippen molar-refractivity contribution in [3.8, 4) is 0 Å². The van der Waals surface area contributed by atoms with Crippen LogP contribution in [0.2, 0.25) is 0 Å². The molecule has 1 N–H and O–H groups in total. The van der Waals surface area contributed by atoms with Crippen LogP contribution in [0.5, 0.6) is 0 Å². The molecule has 1 amide bonds. The van der Waals surface area contributed by atoms with Gasteiger partial charge in [0.05, 0.1) is 5.56 Å². The monoisotopic (exact) mass is 247 g/mol. The van der Waals surface area contributed by atoms with Gasteiger partial charge in [0, 0.05) is 20.0 Å². The van der Waals surface area contributed by atoms with Gasteiger partial charge in [0.1, 0.15) is 0 Å². The Morgan fingerprint density at radius 1 is 1.33 bits per heavy atom. The maximum Gasteiger partial charge on any atom is 0.335 e. The summed E-state index contributed by atoms with van der Waals surface area (Å²) in [5.41, 5.74) is 1.22. The Morgan fingerprint density at radius 3 is 2.44 bits per heavy atom. The maximum absolute atomic E-state index is 11.7. The van der Waals surface area contributed by atoms with Gasteiger partial charge in [-0.25, -0.2) is 4.79 Å². The first-order valence-electron chi connectivity index (χ1n) is 5.71. The van der Waals surface area contributed by atoms with Crippen molar-refractivity contribution >= 4 is 11.9 Å². The molecule has 4 heteroatoms. The van der Waals surface area contributed by atoms with Crippen LogP contribution in [0, 0.1) is 0 Å². The van der Waals surface area contributed by atoms with E-state index in [2.05, 4.69) is 6.58 Å². The molecule has 0 fully saturated rings. The average Bonchev–Trinajstić information content (AvgIpc) is 2.36. The zero-order valence-corrected chi connectivity index (χ0v) is 10.4. The van der Waals surface area contributed by atoms with Crippen molar-refractivity contribution in [1.82, 2.24) is 4.90 Å². The van der Waals surface area contributed by atoms with E-state index in [9.17, 15) is 9.59 Å². The fourth-order valence-electron chi connectivity index (χ4n) is 1.55. The highest BCUT2D eigenvalue weighted by atomic mass is 16.4. The number of hydrogen-bond acceptors (Lipinski definition) is 2. The lowest BCUT2D eigenvalue weighted by molar-refractivity contribution is -0.129. The summed E-state index contributed by atoms with van der Waals surface area (Å²) in [4.78, 5) is 23.9. The van der Waals surface area contributed by atoms with Gasteiger partial charge < -0.3 is 10.0 Å². The van der Waals surface area contributed by atoms with Crippen LogP contribution in [0.15, 0.2) is 36.9 Å². The number of rotatable bonds is 6. The van der Waals surface area contributed by atoms with Gasteiger partial charge in [0.15, 0.2) is 0 Å². The Labute approximate surface area is 107 Å². The summed E-state index contributed by atoms with van der Waals surface area (Å²) in [7, 11) is 1.73. The van der Waals surface area contributed by atoms with Crippen molar-refractivity contribution in [2.75, 3.05) is 13.6 Å². The van der Waals surface area contributed by atoms with Crippen molar-refractivity contribution in [3.05, 3.63) is 48.0 Å². The van der Waals surface area contributed by atoms with E-state index in [4.69, 9.17) is 5.11 Å². The highest BCUT2D eigenvalue weighted by Gasteiger charge is 2.07. The molecule has 0 saturated carbocycles. The quantitative estimate of drug-likeness (QED) is 0.782. The van der Waals surface area contributed by atoms with Gasteiger partial charge in [-0.05, 0) is 24.1 Å². The SMILES string of the molecule is C=CCN(C)C(=O)CCc1ccc(C(=O)O)cc1. The largest absolute Gasteiger partial charge is 0.478 e. The number of benzene rings is 1. The van der Waals surface area contributed by atoms with Crippen LogP contribution < -0.4 is 0 Å². The molecule has 0 radical (unpaired) electrons. The van der Waals surface area contributed by atoms with Gasteiger partial charge in [-0.3, -0.25) is 4.79 Å². The number of nitrogens with zero attached hydrogens (tertiary/aromatic N) is 1. The molecule has 4 nitrogen and oxygen atoms in total. The zero-order valence-electron chi connectivity index (χ0n) is 10.4. The summed E-state index contributed by atoms with van der Waals surface area (Å²) in [5.74, 6) is -0.888. The minimum Gasteiger partial charge on any atom is -0.478 e. The third-order valence-corrected chi connectivity index (χ3v) is 2.66. The number of aryl methyl sites for hydroxylation is 1. The number of amides is 1. The number of hydrogen-bond donors (Lipinski definition) is 1. The molecule has 1 rings (SSSR count). The zero-order chi connectivity index (χ0) is 13.5. The van der Waals surface area contributed by atoms with Crippen molar-refractivity contribution in [2.24, 2.45) is 0 Å². The molecule has 0 aliphatic heterocycles. The first-order valence-corrected chi connectivity index (χ1v) is 5.71. The maximum atomic E-state index is 11.7. The summed E-state index contributed by atoms with van der Waals surface area (Å²) in [6, 6.07) is 6.58. The van der Waals surface area contributed by atoms with E-state index in [1.807, 2.05) is 0 Å². The van der Waals surface area contributed by atoms with Crippen LogP contribution in [0.1, 0.15) is 22.3 Å². The molecule has 18 heavy (non-hydrogen) atoms. The van der Waals surface area contributed by atoms with Gasteiger partial charge in [0.25, 0.3) is 0 Å². The van der Waals surface area contributed by atoms with Gasteiger partial charge in [-0.15, -0.1) is 6.58 Å². The number of carboxylic acid groups (broad SMARTS) is 1. The number of likely N-dealkylation sites (N-methyl/N-ethyl adjacent to an activating group) is 1. The normalized spacial score (nSPS) is 9.83. The van der Waals surface area contributed by atoms with E-state index >= 15 is 0 Å². The van der Waals surface area contributed by atoms with E-state index in [0.29, 0.717) is 19.4 Å². The standard InChI is InChI=1S/C14H17NO3/c1-3-10-15(2)13(16)9-6-11-4-7-12(8-5-11)14(17)18/h3-5,7-8H,1,6,9-10H2,2H3,(H,17,18). The Morgan fingerprint density at radius 2 is 1.94 bits per heavy atom. The summed E-state index contributed by atoms with van der Waals surface area (Å²) in [5, 5.41) is 8.76. The Bertz CT molecular complexity index is 437. The second-order valence-electron chi connectivity index (χ2n) is 4.07. The lowest BCUT2D eigenvalue weighted by Gasteiger charge is -2.14. The molecule has 1 aromatic carbocycles. The minimum absolute atomic E-state index is 0.0530. The molecule has 0 atom stereocenters. The molecule has 0 aliphatic carbocycles. The molecule has 0 heterocycles. The molecule has 0 unspecified atom stereocenters. The van der Waals surface area contributed by atoms with Crippen LogP contribution >= 0.6 is 0 Å². The third-order valence-electron chi connectivity index (χ3n) is 2.66. The molecule has 1 aromatic rings. The molecular formula is C14H17NO3. The summed E-state index contributed by atoms with van der Waals surface area (Å²) >= 11 is 0. The summed E-state index contributed by atoms with van der Waals surface area (Å²) < 4.78 is 0. The van der Waals surface area contributed by atoms with Crippen LogP contribution in [0.3, 0.4) is 0 Å². The number of carboxylic acids is 1. The van der Waals surface area contributed by atoms with Crippen molar-refractivity contribution < 1.29 is 14.7 Å². The second kappa shape index (κ2) is 6.59. The molecule has 0 spiro atoms.